The summed E-state index contributed by atoms with van der Waals surface area (Å²) in [4.78, 5) is 29.0. The summed E-state index contributed by atoms with van der Waals surface area (Å²) in [7, 11) is 4.67. The molecule has 9 nitrogen and oxygen atoms in total. The Bertz CT molecular complexity index is 1000. The average molecular weight is 383 g/mol. The molecule has 0 saturated carbocycles. The number of carbonyl (C=O) groups is 1. The Hall–Kier alpha value is -3.62. The second-order valence-electron chi connectivity index (χ2n) is 5.96. The molecule has 1 aromatic carbocycles. The normalized spacial score (nSPS) is 10.5. The highest BCUT2D eigenvalue weighted by atomic mass is 16.5. The first-order valence-corrected chi connectivity index (χ1v) is 8.60. The Morgan fingerprint density at radius 3 is 2.46 bits per heavy atom. The Morgan fingerprint density at radius 2 is 1.86 bits per heavy atom. The van der Waals surface area contributed by atoms with Gasteiger partial charge in [0.2, 0.25) is 0 Å². The lowest BCUT2D eigenvalue weighted by Crippen LogP contribution is -2.31. The zero-order chi connectivity index (χ0) is 20.1. The maximum absolute atomic E-state index is 12.4. The number of hydrogen-bond acceptors (Lipinski definition) is 6. The van der Waals surface area contributed by atoms with Crippen molar-refractivity contribution in [3.8, 4) is 23.0 Å². The van der Waals surface area contributed by atoms with Crippen LogP contribution in [-0.2, 0) is 13.6 Å². The number of benzene rings is 1. The third-order valence-corrected chi connectivity index (χ3v) is 4.16. The fourth-order valence-corrected chi connectivity index (χ4v) is 2.67. The Kier molecular flexibility index (Phi) is 5.73. The summed E-state index contributed by atoms with van der Waals surface area (Å²) < 4.78 is 13.1. The molecule has 3 rings (SSSR count). The van der Waals surface area contributed by atoms with Crippen molar-refractivity contribution in [2.75, 3.05) is 20.8 Å². The summed E-state index contributed by atoms with van der Waals surface area (Å²) in [6.45, 7) is 0.462. The lowest BCUT2D eigenvalue weighted by atomic mass is 10.2. The lowest BCUT2D eigenvalue weighted by molar-refractivity contribution is 0.0951. The summed E-state index contributed by atoms with van der Waals surface area (Å²) in [5.74, 6) is 1.21. The third kappa shape index (κ3) is 4.03. The molecule has 0 aliphatic rings. The zero-order valence-corrected chi connectivity index (χ0v) is 15.9. The topological polar surface area (TPSA) is 100 Å². The van der Waals surface area contributed by atoms with E-state index in [4.69, 9.17) is 9.47 Å². The van der Waals surface area contributed by atoms with Crippen LogP contribution in [0.15, 0.2) is 47.4 Å². The molecule has 146 valence electrons. The van der Waals surface area contributed by atoms with Crippen molar-refractivity contribution >= 4 is 5.91 Å². The molecule has 1 N–H and O–H groups in total. The van der Waals surface area contributed by atoms with Gasteiger partial charge >= 0.3 is 5.69 Å². The molecule has 0 aliphatic heterocycles. The van der Waals surface area contributed by atoms with Crippen molar-refractivity contribution in [1.29, 1.82) is 0 Å². The summed E-state index contributed by atoms with van der Waals surface area (Å²) >= 11 is 0. The molecule has 0 spiro atoms. The lowest BCUT2D eigenvalue weighted by Gasteiger charge is -2.09. The van der Waals surface area contributed by atoms with Crippen LogP contribution in [-0.4, -0.2) is 46.0 Å². The van der Waals surface area contributed by atoms with Gasteiger partial charge in [0.1, 0.15) is 17.2 Å². The molecule has 0 radical (unpaired) electrons. The zero-order valence-electron chi connectivity index (χ0n) is 15.9. The number of nitrogens with one attached hydrogen (secondary N) is 1. The highest BCUT2D eigenvalue weighted by Crippen LogP contribution is 2.22. The van der Waals surface area contributed by atoms with Crippen molar-refractivity contribution in [3.63, 3.8) is 0 Å². The Labute approximate surface area is 161 Å². The molecule has 0 unspecified atom stereocenters. The highest BCUT2D eigenvalue weighted by Gasteiger charge is 2.14. The molecule has 0 fully saturated rings. The average Bonchev–Trinajstić information content (AvgIpc) is 3.02. The first-order chi connectivity index (χ1) is 13.5. The number of amides is 1. The SMILES string of the molecule is COc1cc(OC)cc(C(=O)NCCn2nc(-c3ccccn3)n(C)c2=O)c1. The fourth-order valence-electron chi connectivity index (χ4n) is 2.67. The molecular weight excluding hydrogens is 362 g/mol. The maximum Gasteiger partial charge on any atom is 0.346 e. The molecule has 0 bridgehead atoms. The molecule has 2 heterocycles. The van der Waals surface area contributed by atoms with E-state index in [0.717, 1.165) is 0 Å². The van der Waals surface area contributed by atoms with Crippen LogP contribution in [0.3, 0.4) is 0 Å². The number of rotatable bonds is 7. The van der Waals surface area contributed by atoms with Crippen LogP contribution in [0.5, 0.6) is 11.5 Å². The summed E-state index contributed by atoms with van der Waals surface area (Å²) in [6, 6.07) is 10.3. The van der Waals surface area contributed by atoms with E-state index in [1.807, 2.05) is 6.07 Å². The summed E-state index contributed by atoms with van der Waals surface area (Å²) in [5.41, 5.74) is 0.727. The molecule has 9 heteroatoms. The third-order valence-electron chi connectivity index (χ3n) is 4.16. The van der Waals surface area contributed by atoms with E-state index in [2.05, 4.69) is 15.4 Å². The predicted molar refractivity (Wildman–Crippen MR) is 103 cm³/mol. The maximum atomic E-state index is 12.4. The second-order valence-corrected chi connectivity index (χ2v) is 5.96. The van der Waals surface area contributed by atoms with Crippen molar-refractivity contribution in [1.82, 2.24) is 24.6 Å². The standard InChI is InChI=1S/C19H21N5O4/c1-23-17(16-6-4-5-7-20-16)22-24(19(23)26)9-8-21-18(25)13-10-14(27-2)12-15(11-13)28-3/h4-7,10-12H,8-9H2,1-3H3,(H,21,25). The monoisotopic (exact) mass is 383 g/mol. The molecular formula is C19H21N5O4. The number of pyridine rings is 1. The van der Waals surface area contributed by atoms with Crippen LogP contribution < -0.4 is 20.5 Å². The van der Waals surface area contributed by atoms with Gasteiger partial charge in [-0.15, -0.1) is 5.10 Å². The van der Waals surface area contributed by atoms with Crippen LogP contribution in [0, 0.1) is 0 Å². The van der Waals surface area contributed by atoms with E-state index in [0.29, 0.717) is 28.6 Å². The van der Waals surface area contributed by atoms with E-state index >= 15 is 0 Å². The molecule has 0 saturated heterocycles. The van der Waals surface area contributed by atoms with E-state index in [9.17, 15) is 9.59 Å². The van der Waals surface area contributed by atoms with Gasteiger partial charge in [0.15, 0.2) is 5.82 Å². The second kappa shape index (κ2) is 8.38. The first-order valence-electron chi connectivity index (χ1n) is 8.60. The minimum Gasteiger partial charge on any atom is -0.497 e. The molecule has 3 aromatic rings. The largest absolute Gasteiger partial charge is 0.497 e. The number of nitrogens with zero attached hydrogens (tertiary/aromatic N) is 4. The van der Waals surface area contributed by atoms with Crippen LogP contribution in [0.25, 0.3) is 11.5 Å². The van der Waals surface area contributed by atoms with Gasteiger partial charge in [-0.05, 0) is 24.3 Å². The number of aromatic nitrogens is 4. The van der Waals surface area contributed by atoms with Gasteiger partial charge in [-0.25, -0.2) is 9.48 Å². The van der Waals surface area contributed by atoms with Gasteiger partial charge in [-0.3, -0.25) is 14.3 Å². The minimum absolute atomic E-state index is 0.229. The van der Waals surface area contributed by atoms with Gasteiger partial charge in [0.05, 0.1) is 20.8 Å². The number of carbonyl (C=O) groups excluding carboxylic acids is 1. The minimum atomic E-state index is -0.300. The smallest absolute Gasteiger partial charge is 0.346 e. The molecule has 0 atom stereocenters. The Balaban J connectivity index is 1.69. The van der Waals surface area contributed by atoms with Crippen molar-refractivity contribution in [3.05, 3.63) is 58.6 Å². The van der Waals surface area contributed by atoms with Crippen LogP contribution in [0.2, 0.25) is 0 Å². The molecule has 1 amide bonds. The van der Waals surface area contributed by atoms with E-state index in [1.54, 1.807) is 43.6 Å². The summed E-state index contributed by atoms with van der Waals surface area (Å²) in [6.07, 6.45) is 1.64. The Morgan fingerprint density at radius 1 is 1.14 bits per heavy atom. The fraction of sp³-hybridized carbons (Fsp3) is 0.263. The van der Waals surface area contributed by atoms with Gasteiger partial charge in [-0.1, -0.05) is 6.07 Å². The van der Waals surface area contributed by atoms with Gasteiger partial charge < -0.3 is 14.8 Å². The van der Waals surface area contributed by atoms with E-state index < -0.39 is 0 Å². The summed E-state index contributed by atoms with van der Waals surface area (Å²) in [5, 5.41) is 7.09. The number of ether oxygens (including phenoxy) is 2. The predicted octanol–water partition coefficient (Wildman–Crippen LogP) is 1.09. The molecule has 0 aliphatic carbocycles. The van der Waals surface area contributed by atoms with Crippen LogP contribution in [0.1, 0.15) is 10.4 Å². The molecule has 2 aromatic heterocycles. The van der Waals surface area contributed by atoms with Crippen molar-refractivity contribution < 1.29 is 14.3 Å². The van der Waals surface area contributed by atoms with E-state index in [1.165, 1.54) is 23.5 Å². The first kappa shape index (κ1) is 19.2. The van der Waals surface area contributed by atoms with Crippen LogP contribution in [0.4, 0.5) is 0 Å². The van der Waals surface area contributed by atoms with Crippen LogP contribution >= 0.6 is 0 Å². The molecule has 28 heavy (non-hydrogen) atoms. The van der Waals surface area contributed by atoms with Gasteiger partial charge in [0, 0.05) is 31.4 Å². The van der Waals surface area contributed by atoms with Crippen molar-refractivity contribution in [2.24, 2.45) is 7.05 Å². The quantitative estimate of drug-likeness (QED) is 0.656. The highest BCUT2D eigenvalue weighted by molar-refractivity contribution is 5.95. The van der Waals surface area contributed by atoms with Gasteiger partial charge in [0.25, 0.3) is 5.91 Å². The number of hydrogen-bond donors (Lipinski definition) is 1. The number of methoxy groups -OCH3 is 2. The van der Waals surface area contributed by atoms with E-state index in [-0.39, 0.29) is 24.7 Å². The van der Waals surface area contributed by atoms with Crippen molar-refractivity contribution in [2.45, 2.75) is 6.54 Å². The van der Waals surface area contributed by atoms with Gasteiger partial charge in [-0.2, -0.15) is 0 Å².